The fourth-order valence-corrected chi connectivity index (χ4v) is 4.61. The molecule has 6 heteroatoms. The molecule has 0 radical (unpaired) electrons. The summed E-state index contributed by atoms with van der Waals surface area (Å²) in [6.07, 6.45) is 4.00. The third-order valence-electron chi connectivity index (χ3n) is 4.55. The molecule has 5 nitrogen and oxygen atoms in total. The van der Waals surface area contributed by atoms with Crippen LogP contribution in [-0.4, -0.2) is 26.6 Å². The highest BCUT2D eigenvalue weighted by Gasteiger charge is 2.28. The first-order valence-electron chi connectivity index (χ1n) is 9.00. The van der Waals surface area contributed by atoms with Gasteiger partial charge in [-0.3, -0.25) is 9.10 Å². The number of nitrogens with zero attached hydrogens (tertiary/aromatic N) is 1. The topological polar surface area (TPSA) is 66.5 Å². The van der Waals surface area contributed by atoms with Gasteiger partial charge in [-0.2, -0.15) is 0 Å². The number of hydrogen-bond acceptors (Lipinski definition) is 3. The number of amides is 1. The Morgan fingerprint density at radius 3 is 2.35 bits per heavy atom. The molecule has 0 aliphatic carbocycles. The molecule has 1 amide bonds. The van der Waals surface area contributed by atoms with E-state index < -0.39 is 10.0 Å². The number of anilines is 2. The zero-order valence-electron chi connectivity index (χ0n) is 14.9. The van der Waals surface area contributed by atoms with E-state index in [-0.39, 0.29) is 11.7 Å². The van der Waals surface area contributed by atoms with Crippen molar-refractivity contribution in [2.45, 2.75) is 32.6 Å². The summed E-state index contributed by atoms with van der Waals surface area (Å²) >= 11 is 0. The average molecular weight is 372 g/mol. The van der Waals surface area contributed by atoms with E-state index in [4.69, 9.17) is 0 Å². The van der Waals surface area contributed by atoms with Gasteiger partial charge in [-0.25, -0.2) is 8.42 Å². The van der Waals surface area contributed by atoms with Crippen LogP contribution in [0.3, 0.4) is 0 Å². The Hall–Kier alpha value is -2.34. The summed E-state index contributed by atoms with van der Waals surface area (Å²) in [6.45, 7) is 2.66. The van der Waals surface area contributed by atoms with Crippen molar-refractivity contribution in [3.8, 4) is 0 Å². The molecule has 0 spiro atoms. The van der Waals surface area contributed by atoms with E-state index in [9.17, 15) is 13.2 Å². The molecule has 1 N–H and O–H groups in total. The second-order valence-electron chi connectivity index (χ2n) is 6.54. The Balaban J connectivity index is 1.65. The van der Waals surface area contributed by atoms with Gasteiger partial charge in [0.1, 0.15) is 0 Å². The number of rotatable bonds is 6. The fourth-order valence-electron chi connectivity index (χ4n) is 3.05. The minimum atomic E-state index is -3.20. The van der Waals surface area contributed by atoms with Crippen molar-refractivity contribution < 1.29 is 13.2 Å². The van der Waals surface area contributed by atoms with E-state index in [1.807, 2.05) is 24.3 Å². The van der Waals surface area contributed by atoms with Crippen LogP contribution in [0, 0.1) is 0 Å². The number of aryl methyl sites for hydroxylation is 1. The maximum Gasteiger partial charge on any atom is 0.255 e. The normalized spacial score (nSPS) is 15.8. The number of nitrogens with one attached hydrogen (secondary N) is 1. The molecule has 1 heterocycles. The van der Waals surface area contributed by atoms with Crippen molar-refractivity contribution in [1.82, 2.24) is 0 Å². The second-order valence-corrected chi connectivity index (χ2v) is 8.56. The summed E-state index contributed by atoms with van der Waals surface area (Å²) in [6, 6.07) is 14.6. The molecule has 138 valence electrons. The van der Waals surface area contributed by atoms with Crippen LogP contribution in [0.1, 0.15) is 42.1 Å². The van der Waals surface area contributed by atoms with Gasteiger partial charge in [-0.05, 0) is 61.2 Å². The molecule has 0 atom stereocenters. The largest absolute Gasteiger partial charge is 0.322 e. The van der Waals surface area contributed by atoms with Crippen LogP contribution in [0.15, 0.2) is 48.5 Å². The third kappa shape index (κ3) is 4.25. The molecule has 26 heavy (non-hydrogen) atoms. The van der Waals surface area contributed by atoms with Gasteiger partial charge in [0.25, 0.3) is 5.91 Å². The van der Waals surface area contributed by atoms with Gasteiger partial charge in [0.15, 0.2) is 0 Å². The van der Waals surface area contributed by atoms with E-state index in [2.05, 4.69) is 12.2 Å². The Kier molecular flexibility index (Phi) is 5.61. The highest BCUT2D eigenvalue weighted by molar-refractivity contribution is 7.93. The van der Waals surface area contributed by atoms with Crippen LogP contribution < -0.4 is 9.62 Å². The Labute approximate surface area is 155 Å². The maximum absolute atomic E-state index is 12.4. The lowest BCUT2D eigenvalue weighted by molar-refractivity contribution is 0.102. The summed E-state index contributed by atoms with van der Waals surface area (Å²) in [5.74, 6) is -0.0223. The highest BCUT2D eigenvalue weighted by atomic mass is 32.2. The molecule has 2 aromatic carbocycles. The first kappa shape index (κ1) is 18.5. The fraction of sp³-hybridized carbons (Fsp3) is 0.350. The molecule has 1 fully saturated rings. The second kappa shape index (κ2) is 7.91. The highest BCUT2D eigenvalue weighted by Crippen LogP contribution is 2.24. The van der Waals surface area contributed by atoms with Crippen molar-refractivity contribution in [2.75, 3.05) is 21.9 Å². The summed E-state index contributed by atoms with van der Waals surface area (Å²) < 4.78 is 25.3. The minimum absolute atomic E-state index is 0.184. The lowest BCUT2D eigenvalue weighted by Crippen LogP contribution is -2.25. The number of carbonyl (C=O) groups is 1. The molecule has 1 aliphatic heterocycles. The van der Waals surface area contributed by atoms with Crippen LogP contribution in [0.5, 0.6) is 0 Å². The van der Waals surface area contributed by atoms with Crippen molar-refractivity contribution in [2.24, 2.45) is 0 Å². The Morgan fingerprint density at radius 2 is 1.77 bits per heavy atom. The Morgan fingerprint density at radius 1 is 1.08 bits per heavy atom. The van der Waals surface area contributed by atoms with Crippen LogP contribution >= 0.6 is 0 Å². The molecule has 0 unspecified atom stereocenters. The first-order valence-corrected chi connectivity index (χ1v) is 10.6. The molecule has 0 aromatic heterocycles. The minimum Gasteiger partial charge on any atom is -0.322 e. The van der Waals surface area contributed by atoms with Gasteiger partial charge in [0, 0.05) is 17.8 Å². The van der Waals surface area contributed by atoms with Gasteiger partial charge in [-0.1, -0.05) is 25.5 Å². The van der Waals surface area contributed by atoms with Crippen LogP contribution in [0.4, 0.5) is 11.4 Å². The SMILES string of the molecule is CCCCc1ccc(NC(=O)c2ccc(N3CCCS3(=O)=O)cc2)cc1. The molecule has 2 aromatic rings. The summed E-state index contributed by atoms with van der Waals surface area (Å²) in [5, 5.41) is 2.88. The summed E-state index contributed by atoms with van der Waals surface area (Å²) in [4.78, 5) is 12.4. The quantitative estimate of drug-likeness (QED) is 0.838. The van der Waals surface area contributed by atoms with Gasteiger partial charge in [0.2, 0.25) is 10.0 Å². The molecule has 1 saturated heterocycles. The molecule has 3 rings (SSSR count). The predicted molar refractivity (Wildman–Crippen MR) is 105 cm³/mol. The zero-order valence-corrected chi connectivity index (χ0v) is 15.8. The molecular formula is C20H24N2O3S. The van der Waals surface area contributed by atoms with E-state index in [1.165, 1.54) is 9.87 Å². The molecular weight excluding hydrogens is 348 g/mol. The number of unbranched alkanes of at least 4 members (excludes halogenated alkanes) is 1. The molecule has 0 bridgehead atoms. The van der Waals surface area contributed by atoms with E-state index in [0.717, 1.165) is 24.9 Å². The average Bonchev–Trinajstić information content (AvgIpc) is 3.00. The lowest BCUT2D eigenvalue weighted by atomic mass is 10.1. The van der Waals surface area contributed by atoms with E-state index in [0.29, 0.717) is 24.2 Å². The van der Waals surface area contributed by atoms with E-state index >= 15 is 0 Å². The predicted octanol–water partition coefficient (Wildman–Crippen LogP) is 3.82. The molecule has 0 saturated carbocycles. The number of carbonyl (C=O) groups excluding carboxylic acids is 1. The van der Waals surface area contributed by atoms with Gasteiger partial charge in [0.05, 0.1) is 11.4 Å². The van der Waals surface area contributed by atoms with Crippen LogP contribution in [0.2, 0.25) is 0 Å². The van der Waals surface area contributed by atoms with Gasteiger partial charge >= 0.3 is 0 Å². The summed E-state index contributed by atoms with van der Waals surface area (Å²) in [7, 11) is -3.20. The number of hydrogen-bond donors (Lipinski definition) is 1. The Bertz CT molecular complexity index is 859. The standard InChI is InChI=1S/C20H24N2O3S/c1-2-3-5-16-6-10-18(11-7-16)21-20(23)17-8-12-19(13-9-17)22-14-4-15-26(22,24)25/h6-13H,2-5,14-15H2,1H3,(H,21,23). The smallest absolute Gasteiger partial charge is 0.255 e. The van der Waals surface area contributed by atoms with Crippen molar-refractivity contribution in [1.29, 1.82) is 0 Å². The van der Waals surface area contributed by atoms with Crippen LogP contribution in [-0.2, 0) is 16.4 Å². The van der Waals surface area contributed by atoms with Crippen molar-refractivity contribution >= 4 is 27.3 Å². The first-order chi connectivity index (χ1) is 12.5. The van der Waals surface area contributed by atoms with Gasteiger partial charge in [-0.15, -0.1) is 0 Å². The monoisotopic (exact) mass is 372 g/mol. The third-order valence-corrected chi connectivity index (χ3v) is 6.42. The van der Waals surface area contributed by atoms with Crippen molar-refractivity contribution in [3.05, 3.63) is 59.7 Å². The zero-order chi connectivity index (χ0) is 18.6. The van der Waals surface area contributed by atoms with Gasteiger partial charge < -0.3 is 5.32 Å². The maximum atomic E-state index is 12.4. The lowest BCUT2D eigenvalue weighted by Gasteiger charge is -2.17. The van der Waals surface area contributed by atoms with Crippen molar-refractivity contribution in [3.63, 3.8) is 0 Å². The summed E-state index contributed by atoms with van der Waals surface area (Å²) in [5.41, 5.74) is 3.13. The molecule has 1 aliphatic rings. The van der Waals surface area contributed by atoms with E-state index in [1.54, 1.807) is 24.3 Å². The number of benzene rings is 2. The van der Waals surface area contributed by atoms with Crippen LogP contribution in [0.25, 0.3) is 0 Å². The number of sulfonamides is 1.